The number of aromatic nitrogens is 2. The van der Waals surface area contributed by atoms with Gasteiger partial charge in [0.2, 0.25) is 0 Å². The van der Waals surface area contributed by atoms with E-state index in [1.165, 1.54) is 11.8 Å². The van der Waals surface area contributed by atoms with Gasteiger partial charge in [-0.2, -0.15) is 0 Å². The number of hydrogen-bond donors (Lipinski definition) is 2. The Bertz CT molecular complexity index is 1280. The summed E-state index contributed by atoms with van der Waals surface area (Å²) in [6.07, 6.45) is 6.57. The van der Waals surface area contributed by atoms with Crippen LogP contribution in [0.15, 0.2) is 47.1 Å². The van der Waals surface area contributed by atoms with Crippen LogP contribution in [0, 0.1) is 6.92 Å². The van der Waals surface area contributed by atoms with Crippen LogP contribution >= 0.6 is 0 Å². The highest BCUT2D eigenvalue weighted by molar-refractivity contribution is 5.95. The number of carbonyl (C=O) groups is 2. The third-order valence-electron chi connectivity index (χ3n) is 7.47. The molecule has 38 heavy (non-hydrogen) atoms. The highest BCUT2D eigenvalue weighted by Crippen LogP contribution is 2.44. The standard InChI is InChI=1S/C29H34N4O5/c1-3-21-14-22(12-13-33(21)25-11-10-20(15-30-25)29(36)31-16-26(34)35)37-17-24-27(23-7-5-4-6-18(23)2)32-38-28(24)19-8-9-19/h4-7,10-11,15,19,21-22H,3,8-9,12-14,16-17H2,1-2H3,(H,31,36)(H,34,35)/t21-,22+/m0/s1. The maximum absolute atomic E-state index is 12.1. The topological polar surface area (TPSA) is 118 Å². The molecule has 0 bridgehead atoms. The number of aliphatic carboxylic acids is 1. The van der Waals surface area contributed by atoms with Crippen LogP contribution in [-0.2, 0) is 16.1 Å². The molecule has 2 aliphatic rings. The van der Waals surface area contributed by atoms with E-state index >= 15 is 0 Å². The van der Waals surface area contributed by atoms with Crippen molar-refractivity contribution in [3.05, 3.63) is 65.0 Å². The Morgan fingerprint density at radius 1 is 1.18 bits per heavy atom. The van der Waals surface area contributed by atoms with Crippen LogP contribution in [0.5, 0.6) is 0 Å². The van der Waals surface area contributed by atoms with E-state index in [0.29, 0.717) is 18.1 Å². The second-order valence-electron chi connectivity index (χ2n) is 10.2. The molecular weight excluding hydrogens is 484 g/mol. The van der Waals surface area contributed by atoms with Crippen molar-refractivity contribution < 1.29 is 24.0 Å². The van der Waals surface area contributed by atoms with Gasteiger partial charge in [0.05, 0.1) is 18.3 Å². The third kappa shape index (κ3) is 5.72. The number of pyridine rings is 1. The minimum absolute atomic E-state index is 0.115. The zero-order valence-electron chi connectivity index (χ0n) is 21.9. The number of aryl methyl sites for hydroxylation is 1. The molecule has 2 atom stereocenters. The molecule has 0 spiro atoms. The Balaban J connectivity index is 1.24. The lowest BCUT2D eigenvalue weighted by Crippen LogP contribution is -2.45. The second kappa shape index (κ2) is 11.3. The van der Waals surface area contributed by atoms with Crippen LogP contribution in [0.3, 0.4) is 0 Å². The van der Waals surface area contributed by atoms with Crippen molar-refractivity contribution in [3.8, 4) is 11.3 Å². The average molecular weight is 519 g/mol. The van der Waals surface area contributed by atoms with E-state index in [1.54, 1.807) is 6.07 Å². The van der Waals surface area contributed by atoms with E-state index in [9.17, 15) is 9.59 Å². The zero-order valence-corrected chi connectivity index (χ0v) is 21.9. The molecule has 1 aliphatic carbocycles. The predicted molar refractivity (Wildman–Crippen MR) is 142 cm³/mol. The lowest BCUT2D eigenvalue weighted by Gasteiger charge is -2.40. The molecular formula is C29H34N4O5. The van der Waals surface area contributed by atoms with Gasteiger partial charge in [0.15, 0.2) is 0 Å². The monoisotopic (exact) mass is 518 g/mol. The molecule has 1 saturated heterocycles. The number of carboxylic acid groups (broad SMARTS) is 1. The minimum Gasteiger partial charge on any atom is -0.480 e. The normalized spacial score (nSPS) is 19.4. The SMILES string of the molecule is CC[C@H]1C[C@H](OCc2c(-c3ccccc3C)noc2C2CC2)CCN1c1ccc(C(=O)NCC(=O)O)cn1. The van der Waals surface area contributed by atoms with Crippen molar-refractivity contribution >= 4 is 17.7 Å². The van der Waals surface area contributed by atoms with Gasteiger partial charge in [-0.25, -0.2) is 4.98 Å². The zero-order chi connectivity index (χ0) is 26.6. The maximum atomic E-state index is 12.1. The van der Waals surface area contributed by atoms with Gasteiger partial charge in [-0.1, -0.05) is 36.3 Å². The van der Waals surface area contributed by atoms with Crippen molar-refractivity contribution in [3.63, 3.8) is 0 Å². The molecule has 3 heterocycles. The van der Waals surface area contributed by atoms with Crippen molar-refractivity contribution in [1.29, 1.82) is 0 Å². The molecule has 3 aromatic rings. The van der Waals surface area contributed by atoms with Gasteiger partial charge >= 0.3 is 5.97 Å². The van der Waals surface area contributed by atoms with Gasteiger partial charge < -0.3 is 24.6 Å². The predicted octanol–water partition coefficient (Wildman–Crippen LogP) is 4.70. The van der Waals surface area contributed by atoms with Crippen LogP contribution in [-0.4, -0.2) is 52.4 Å². The molecule has 9 nitrogen and oxygen atoms in total. The van der Waals surface area contributed by atoms with Crippen molar-refractivity contribution in [1.82, 2.24) is 15.5 Å². The summed E-state index contributed by atoms with van der Waals surface area (Å²) in [6.45, 7) is 5.11. The molecule has 0 unspecified atom stereocenters. The van der Waals surface area contributed by atoms with E-state index in [0.717, 1.165) is 67.0 Å². The Hall–Kier alpha value is -3.72. The highest BCUT2D eigenvalue weighted by atomic mass is 16.5. The van der Waals surface area contributed by atoms with Crippen molar-refractivity contribution in [2.24, 2.45) is 0 Å². The largest absolute Gasteiger partial charge is 0.480 e. The number of carbonyl (C=O) groups excluding carboxylic acids is 1. The molecule has 2 fully saturated rings. The highest BCUT2D eigenvalue weighted by Gasteiger charge is 2.34. The van der Waals surface area contributed by atoms with Crippen LogP contribution < -0.4 is 10.2 Å². The number of amides is 1. The molecule has 2 aromatic heterocycles. The van der Waals surface area contributed by atoms with Gasteiger partial charge in [0.25, 0.3) is 5.91 Å². The summed E-state index contributed by atoms with van der Waals surface area (Å²) in [4.78, 5) is 29.6. The number of nitrogens with one attached hydrogen (secondary N) is 1. The van der Waals surface area contributed by atoms with Crippen molar-refractivity contribution in [2.75, 3.05) is 18.0 Å². The quantitative estimate of drug-likeness (QED) is 0.397. The first kappa shape index (κ1) is 25.9. The smallest absolute Gasteiger partial charge is 0.322 e. The number of benzene rings is 1. The summed E-state index contributed by atoms with van der Waals surface area (Å²) in [5, 5.41) is 15.6. The lowest BCUT2D eigenvalue weighted by molar-refractivity contribution is -0.135. The van der Waals surface area contributed by atoms with Crippen LogP contribution in [0.4, 0.5) is 5.82 Å². The molecule has 1 saturated carbocycles. The average Bonchev–Trinajstić information content (AvgIpc) is 3.70. The Morgan fingerprint density at radius 3 is 2.68 bits per heavy atom. The maximum Gasteiger partial charge on any atom is 0.322 e. The first-order chi connectivity index (χ1) is 18.4. The van der Waals surface area contributed by atoms with E-state index in [2.05, 4.69) is 46.3 Å². The number of hydrogen-bond acceptors (Lipinski definition) is 7. The van der Waals surface area contributed by atoms with E-state index in [-0.39, 0.29) is 12.1 Å². The first-order valence-corrected chi connectivity index (χ1v) is 13.3. The summed E-state index contributed by atoms with van der Waals surface area (Å²) in [6, 6.07) is 12.0. The Morgan fingerprint density at radius 2 is 2.00 bits per heavy atom. The third-order valence-corrected chi connectivity index (χ3v) is 7.47. The molecule has 9 heteroatoms. The van der Waals surface area contributed by atoms with Crippen LogP contribution in [0.25, 0.3) is 11.3 Å². The summed E-state index contributed by atoms with van der Waals surface area (Å²) in [5.74, 6) is 0.698. The fourth-order valence-electron chi connectivity index (χ4n) is 5.18. The number of rotatable bonds is 10. The van der Waals surface area contributed by atoms with Gasteiger partial charge in [-0.3, -0.25) is 9.59 Å². The number of piperidine rings is 1. The summed E-state index contributed by atoms with van der Waals surface area (Å²) < 4.78 is 12.3. The molecule has 200 valence electrons. The first-order valence-electron chi connectivity index (χ1n) is 13.3. The molecule has 1 aliphatic heterocycles. The summed E-state index contributed by atoms with van der Waals surface area (Å²) >= 11 is 0. The van der Waals surface area contributed by atoms with Gasteiger partial charge in [0, 0.05) is 35.8 Å². The number of nitrogens with zero attached hydrogens (tertiary/aromatic N) is 3. The van der Waals surface area contributed by atoms with E-state index < -0.39 is 18.4 Å². The van der Waals surface area contributed by atoms with Crippen LogP contribution in [0.2, 0.25) is 0 Å². The Kier molecular flexibility index (Phi) is 7.74. The fraction of sp³-hybridized carbons (Fsp3) is 0.448. The number of anilines is 1. The summed E-state index contributed by atoms with van der Waals surface area (Å²) in [5.41, 5.74) is 4.57. The van der Waals surface area contributed by atoms with Gasteiger partial charge in [-0.05, 0) is 56.7 Å². The molecule has 1 amide bonds. The number of ether oxygens (including phenoxy) is 1. The Labute approximate surface area is 222 Å². The van der Waals surface area contributed by atoms with Crippen molar-refractivity contribution in [2.45, 2.75) is 70.6 Å². The minimum atomic E-state index is -1.09. The van der Waals surface area contributed by atoms with Gasteiger partial charge in [-0.15, -0.1) is 0 Å². The lowest BCUT2D eigenvalue weighted by atomic mass is 9.96. The molecule has 1 aromatic carbocycles. The van der Waals surface area contributed by atoms with Gasteiger partial charge in [0.1, 0.15) is 23.8 Å². The summed E-state index contributed by atoms with van der Waals surface area (Å²) in [7, 11) is 0. The fourth-order valence-corrected chi connectivity index (χ4v) is 5.18. The van der Waals surface area contributed by atoms with E-state index in [4.69, 9.17) is 14.4 Å². The van der Waals surface area contributed by atoms with E-state index in [1.807, 2.05) is 18.2 Å². The van der Waals surface area contributed by atoms with Crippen LogP contribution in [0.1, 0.15) is 72.2 Å². The molecule has 0 radical (unpaired) electrons. The molecule has 5 rings (SSSR count). The molecule has 2 N–H and O–H groups in total. The second-order valence-corrected chi connectivity index (χ2v) is 10.2. The number of carboxylic acids is 1.